The number of rotatable bonds is 5. The molecule has 4 rings (SSSR count). The summed E-state index contributed by atoms with van der Waals surface area (Å²) >= 11 is 8.82. The summed E-state index contributed by atoms with van der Waals surface area (Å²) in [5, 5.41) is 5.31. The highest BCUT2D eigenvalue weighted by molar-refractivity contribution is 7.23. The molecule has 3 aromatic rings. The molecule has 0 aliphatic carbocycles. The molecule has 2 amide bonds. The van der Waals surface area contributed by atoms with E-state index in [4.69, 9.17) is 11.6 Å². The smallest absolute Gasteiger partial charge is 0.230 e. The summed E-state index contributed by atoms with van der Waals surface area (Å²) in [6.07, 6.45) is 1.25. The number of thiazole rings is 1. The lowest BCUT2D eigenvalue weighted by molar-refractivity contribution is -0.117. The van der Waals surface area contributed by atoms with Crippen molar-refractivity contribution in [1.82, 2.24) is 4.98 Å². The van der Waals surface area contributed by atoms with Crippen LogP contribution in [0.1, 0.15) is 18.5 Å². The number of thiophene rings is 1. The lowest BCUT2D eigenvalue weighted by atomic mass is 10.2. The van der Waals surface area contributed by atoms with Gasteiger partial charge >= 0.3 is 0 Å². The van der Waals surface area contributed by atoms with Crippen molar-refractivity contribution in [3.05, 3.63) is 51.6 Å². The molecule has 0 spiro atoms. The molecule has 0 atom stereocenters. The van der Waals surface area contributed by atoms with Gasteiger partial charge in [0, 0.05) is 24.0 Å². The third-order valence-electron chi connectivity index (χ3n) is 4.27. The van der Waals surface area contributed by atoms with Crippen molar-refractivity contribution in [2.75, 3.05) is 16.8 Å². The molecule has 144 valence electrons. The Morgan fingerprint density at radius 3 is 2.86 bits per heavy atom. The van der Waals surface area contributed by atoms with Gasteiger partial charge in [0.1, 0.15) is 10.8 Å². The van der Waals surface area contributed by atoms with Crippen LogP contribution >= 0.6 is 34.3 Å². The van der Waals surface area contributed by atoms with Crippen LogP contribution in [0.25, 0.3) is 9.88 Å². The number of carbonyl (C=O) groups excluding carboxylic acids is 2. The minimum atomic E-state index is -0.529. The van der Waals surface area contributed by atoms with Gasteiger partial charge in [-0.25, -0.2) is 9.37 Å². The summed E-state index contributed by atoms with van der Waals surface area (Å²) in [4.78, 5) is 30.9. The van der Waals surface area contributed by atoms with E-state index in [1.165, 1.54) is 39.7 Å². The molecule has 3 heterocycles. The van der Waals surface area contributed by atoms with Crippen molar-refractivity contribution >= 4 is 57.5 Å². The van der Waals surface area contributed by atoms with Gasteiger partial charge in [-0.1, -0.05) is 11.6 Å². The van der Waals surface area contributed by atoms with E-state index < -0.39 is 5.82 Å². The molecular weight excluding hydrogens is 421 g/mol. The molecule has 5 nitrogen and oxygen atoms in total. The number of aromatic nitrogens is 1. The molecule has 1 aromatic carbocycles. The molecule has 1 saturated heterocycles. The molecule has 9 heteroatoms. The van der Waals surface area contributed by atoms with Crippen molar-refractivity contribution in [2.45, 2.75) is 19.3 Å². The highest BCUT2D eigenvalue weighted by Crippen LogP contribution is 2.33. The van der Waals surface area contributed by atoms with Crippen LogP contribution in [0.3, 0.4) is 0 Å². The highest BCUT2D eigenvalue weighted by Gasteiger charge is 2.24. The van der Waals surface area contributed by atoms with E-state index in [9.17, 15) is 14.0 Å². The van der Waals surface area contributed by atoms with Gasteiger partial charge in [-0.3, -0.25) is 9.59 Å². The van der Waals surface area contributed by atoms with E-state index in [0.717, 1.165) is 16.3 Å². The Hall–Kier alpha value is -2.29. The lowest BCUT2D eigenvalue weighted by Gasteiger charge is -2.17. The predicted octanol–water partition coefficient (Wildman–Crippen LogP) is 4.97. The first-order chi connectivity index (χ1) is 13.5. The van der Waals surface area contributed by atoms with Crippen LogP contribution in [0.2, 0.25) is 4.34 Å². The second kappa shape index (κ2) is 7.98. The molecule has 0 radical (unpaired) electrons. The number of hydrogen-bond acceptors (Lipinski definition) is 5. The first-order valence-electron chi connectivity index (χ1n) is 8.59. The monoisotopic (exact) mass is 435 g/mol. The average Bonchev–Trinajstić information content (AvgIpc) is 3.37. The number of amides is 2. The minimum absolute atomic E-state index is 0.0814. The topological polar surface area (TPSA) is 62.3 Å². The molecule has 1 aliphatic heterocycles. The fraction of sp³-hybridized carbons (Fsp3) is 0.211. The number of hydrogen-bond donors (Lipinski definition) is 1. The van der Waals surface area contributed by atoms with Gasteiger partial charge in [0.2, 0.25) is 11.8 Å². The SMILES string of the molecule is O=C(Cc1csc(-c2ccc(Cl)s2)n1)Nc1ccc(N2CCCC2=O)c(F)c1. The second-order valence-corrected chi connectivity index (χ2v) is 8.86. The molecular formula is C19H15ClFN3O2S2. The molecule has 0 bridgehead atoms. The molecule has 0 saturated carbocycles. The number of benzene rings is 1. The maximum absolute atomic E-state index is 14.4. The standard InChI is InChI=1S/C19H15ClFN3O2S2/c20-16-6-5-15(28-16)19-23-12(10-27-19)9-17(25)22-11-3-4-14(13(21)8-11)24-7-1-2-18(24)26/h3-6,8,10H,1-2,7,9H2,(H,22,25). The Labute approximate surface area is 173 Å². The van der Waals surface area contributed by atoms with Crippen LogP contribution in [0, 0.1) is 5.82 Å². The van der Waals surface area contributed by atoms with Crippen molar-refractivity contribution in [3.8, 4) is 9.88 Å². The van der Waals surface area contributed by atoms with Crippen molar-refractivity contribution in [3.63, 3.8) is 0 Å². The van der Waals surface area contributed by atoms with Crippen LogP contribution < -0.4 is 10.2 Å². The zero-order chi connectivity index (χ0) is 19.7. The Morgan fingerprint density at radius 1 is 1.32 bits per heavy atom. The molecule has 2 aromatic heterocycles. The first-order valence-corrected chi connectivity index (χ1v) is 10.7. The molecule has 1 N–H and O–H groups in total. The molecule has 1 aliphatic rings. The maximum Gasteiger partial charge on any atom is 0.230 e. The third-order valence-corrected chi connectivity index (χ3v) is 6.56. The van der Waals surface area contributed by atoms with Gasteiger partial charge in [-0.05, 0) is 36.8 Å². The van der Waals surface area contributed by atoms with Gasteiger partial charge in [-0.2, -0.15) is 0 Å². The normalized spacial score (nSPS) is 13.9. The fourth-order valence-electron chi connectivity index (χ4n) is 3.01. The summed E-state index contributed by atoms with van der Waals surface area (Å²) in [5.41, 5.74) is 1.24. The van der Waals surface area contributed by atoms with Crippen molar-refractivity contribution in [2.24, 2.45) is 0 Å². The predicted molar refractivity (Wildman–Crippen MR) is 111 cm³/mol. The van der Waals surface area contributed by atoms with E-state index in [0.29, 0.717) is 28.7 Å². The summed E-state index contributed by atoms with van der Waals surface area (Å²) in [6.45, 7) is 0.517. The first kappa shape index (κ1) is 19.0. The number of halogens is 2. The number of carbonyl (C=O) groups is 2. The largest absolute Gasteiger partial charge is 0.326 e. The molecule has 0 unspecified atom stereocenters. The molecule has 1 fully saturated rings. The van der Waals surface area contributed by atoms with Gasteiger partial charge < -0.3 is 10.2 Å². The third kappa shape index (κ3) is 4.09. The van der Waals surface area contributed by atoms with E-state index in [-0.39, 0.29) is 23.9 Å². The van der Waals surface area contributed by atoms with Crippen molar-refractivity contribution < 1.29 is 14.0 Å². The van der Waals surface area contributed by atoms with E-state index in [1.807, 2.05) is 17.5 Å². The molecule has 28 heavy (non-hydrogen) atoms. The summed E-state index contributed by atoms with van der Waals surface area (Å²) in [5.74, 6) is -0.897. The van der Waals surface area contributed by atoms with Gasteiger partial charge in [0.25, 0.3) is 0 Å². The minimum Gasteiger partial charge on any atom is -0.326 e. The Balaban J connectivity index is 1.41. The number of nitrogens with zero attached hydrogens (tertiary/aromatic N) is 2. The highest BCUT2D eigenvalue weighted by atomic mass is 35.5. The van der Waals surface area contributed by atoms with E-state index >= 15 is 0 Å². The summed E-state index contributed by atoms with van der Waals surface area (Å²) in [7, 11) is 0. The van der Waals surface area contributed by atoms with Gasteiger partial charge in [0.15, 0.2) is 0 Å². The Bertz CT molecular complexity index is 1050. The van der Waals surface area contributed by atoms with Crippen LogP contribution in [-0.2, 0) is 16.0 Å². The van der Waals surface area contributed by atoms with E-state index in [1.54, 1.807) is 6.07 Å². The van der Waals surface area contributed by atoms with Gasteiger partial charge in [-0.15, -0.1) is 22.7 Å². The Kier molecular flexibility index (Phi) is 5.43. The summed E-state index contributed by atoms with van der Waals surface area (Å²) < 4.78 is 15.1. The van der Waals surface area contributed by atoms with Crippen LogP contribution in [0.15, 0.2) is 35.7 Å². The number of nitrogens with one attached hydrogen (secondary N) is 1. The lowest BCUT2D eigenvalue weighted by Crippen LogP contribution is -2.24. The zero-order valence-electron chi connectivity index (χ0n) is 14.6. The van der Waals surface area contributed by atoms with Crippen LogP contribution in [0.4, 0.5) is 15.8 Å². The number of anilines is 2. The maximum atomic E-state index is 14.4. The summed E-state index contributed by atoms with van der Waals surface area (Å²) in [6, 6.07) is 8.06. The van der Waals surface area contributed by atoms with Crippen LogP contribution in [-0.4, -0.2) is 23.3 Å². The average molecular weight is 436 g/mol. The van der Waals surface area contributed by atoms with Crippen molar-refractivity contribution in [1.29, 1.82) is 0 Å². The fourth-order valence-corrected chi connectivity index (χ4v) is 4.94. The Morgan fingerprint density at radius 2 is 2.18 bits per heavy atom. The second-order valence-electron chi connectivity index (χ2n) is 6.29. The van der Waals surface area contributed by atoms with Gasteiger partial charge in [0.05, 0.1) is 27.0 Å². The van der Waals surface area contributed by atoms with E-state index in [2.05, 4.69) is 10.3 Å². The zero-order valence-corrected chi connectivity index (χ0v) is 17.0. The quantitative estimate of drug-likeness (QED) is 0.615. The van der Waals surface area contributed by atoms with Crippen LogP contribution in [0.5, 0.6) is 0 Å².